The van der Waals surface area contributed by atoms with Crippen molar-refractivity contribution in [1.29, 1.82) is 0 Å². The molecule has 0 radical (unpaired) electrons. The van der Waals surface area contributed by atoms with Crippen molar-refractivity contribution in [3.05, 3.63) is 23.8 Å². The van der Waals surface area contributed by atoms with Crippen molar-refractivity contribution in [2.75, 3.05) is 6.79 Å². The summed E-state index contributed by atoms with van der Waals surface area (Å²) < 4.78 is 10.8. The average Bonchev–Trinajstić information content (AvgIpc) is 3.00. The summed E-state index contributed by atoms with van der Waals surface area (Å²) in [5.41, 5.74) is 1.08. The van der Waals surface area contributed by atoms with Gasteiger partial charge in [0.15, 0.2) is 11.5 Å². The van der Waals surface area contributed by atoms with E-state index in [9.17, 15) is 4.79 Å². The van der Waals surface area contributed by atoms with E-state index in [1.165, 1.54) is 38.5 Å². The molecule has 134 valence electrons. The second kappa shape index (κ2) is 5.55. The minimum Gasteiger partial charge on any atom is -0.454 e. The van der Waals surface area contributed by atoms with Gasteiger partial charge in [0.2, 0.25) is 6.79 Å². The molecule has 0 aromatic heterocycles. The predicted octanol–water partition coefficient (Wildman–Crippen LogP) is 3.74. The summed E-state index contributed by atoms with van der Waals surface area (Å²) in [6, 6.07) is 5.75. The number of fused-ring (bicyclic) bond motifs is 1. The second-order valence-corrected chi connectivity index (χ2v) is 8.63. The number of benzene rings is 1. The molecule has 5 aliphatic rings. The van der Waals surface area contributed by atoms with Gasteiger partial charge < -0.3 is 20.1 Å². The zero-order valence-electron chi connectivity index (χ0n) is 14.7. The highest BCUT2D eigenvalue weighted by Crippen LogP contribution is 2.55. The van der Waals surface area contributed by atoms with E-state index < -0.39 is 0 Å². The largest absolute Gasteiger partial charge is 0.454 e. The molecular weight excluding hydrogens is 316 g/mol. The van der Waals surface area contributed by atoms with E-state index in [1.807, 2.05) is 25.1 Å². The fraction of sp³-hybridized carbons (Fsp3) is 0.650. The lowest BCUT2D eigenvalue weighted by Crippen LogP contribution is -2.61. The van der Waals surface area contributed by atoms with Gasteiger partial charge in [-0.15, -0.1) is 0 Å². The molecule has 4 fully saturated rings. The Morgan fingerprint density at radius 2 is 1.72 bits per heavy atom. The average molecular weight is 342 g/mol. The van der Waals surface area contributed by atoms with Crippen molar-refractivity contribution in [3.8, 4) is 11.5 Å². The van der Waals surface area contributed by atoms with Crippen molar-refractivity contribution in [3.63, 3.8) is 0 Å². The van der Waals surface area contributed by atoms with Crippen LogP contribution < -0.4 is 20.1 Å². The molecular formula is C20H26N2O3. The molecule has 6 rings (SSSR count). The SMILES string of the molecule is C[C@@H](NC(=O)NC12CC3CC(CC(C3)C1)C2)c1ccc2c(c1)OCO2. The zero-order chi connectivity index (χ0) is 17.0. The molecule has 4 aliphatic carbocycles. The third kappa shape index (κ3) is 2.74. The molecule has 2 amide bonds. The number of hydrogen-bond acceptors (Lipinski definition) is 3. The molecule has 0 spiro atoms. The maximum Gasteiger partial charge on any atom is 0.315 e. The summed E-state index contributed by atoms with van der Waals surface area (Å²) in [6.45, 7) is 2.28. The van der Waals surface area contributed by atoms with Crippen LogP contribution in [-0.4, -0.2) is 18.4 Å². The Labute approximate surface area is 148 Å². The van der Waals surface area contributed by atoms with Crippen LogP contribution >= 0.6 is 0 Å². The first-order chi connectivity index (χ1) is 12.1. The molecule has 5 heteroatoms. The Hall–Kier alpha value is -1.91. The molecule has 1 aromatic rings. The molecule has 0 unspecified atom stereocenters. The van der Waals surface area contributed by atoms with Gasteiger partial charge in [-0.25, -0.2) is 4.79 Å². The van der Waals surface area contributed by atoms with Crippen molar-refractivity contribution in [2.24, 2.45) is 17.8 Å². The molecule has 0 saturated heterocycles. The van der Waals surface area contributed by atoms with Gasteiger partial charge in [-0.2, -0.15) is 0 Å². The van der Waals surface area contributed by atoms with Gasteiger partial charge in [0.25, 0.3) is 0 Å². The summed E-state index contributed by atoms with van der Waals surface area (Å²) in [7, 11) is 0. The highest BCUT2D eigenvalue weighted by molar-refractivity contribution is 5.75. The lowest BCUT2D eigenvalue weighted by molar-refractivity contribution is -0.0136. The topological polar surface area (TPSA) is 59.6 Å². The number of nitrogens with one attached hydrogen (secondary N) is 2. The molecule has 4 saturated carbocycles. The van der Waals surface area contributed by atoms with E-state index in [-0.39, 0.29) is 24.4 Å². The van der Waals surface area contributed by atoms with E-state index >= 15 is 0 Å². The van der Waals surface area contributed by atoms with Crippen LogP contribution in [0.2, 0.25) is 0 Å². The van der Waals surface area contributed by atoms with Crippen molar-refractivity contribution >= 4 is 6.03 Å². The Morgan fingerprint density at radius 3 is 2.40 bits per heavy atom. The zero-order valence-corrected chi connectivity index (χ0v) is 14.7. The maximum atomic E-state index is 12.7. The Bertz CT molecular complexity index is 667. The predicted molar refractivity (Wildman–Crippen MR) is 93.6 cm³/mol. The van der Waals surface area contributed by atoms with Crippen molar-refractivity contribution in [2.45, 2.75) is 57.0 Å². The molecule has 1 aliphatic heterocycles. The molecule has 1 atom stereocenters. The van der Waals surface area contributed by atoms with Gasteiger partial charge in [0, 0.05) is 5.54 Å². The highest BCUT2D eigenvalue weighted by Gasteiger charge is 2.51. The monoisotopic (exact) mass is 342 g/mol. The number of urea groups is 1. The summed E-state index contributed by atoms with van der Waals surface area (Å²) in [5.74, 6) is 4.02. The first-order valence-corrected chi connectivity index (χ1v) is 9.57. The second-order valence-electron chi connectivity index (χ2n) is 8.63. The van der Waals surface area contributed by atoms with E-state index in [4.69, 9.17) is 9.47 Å². The first-order valence-electron chi connectivity index (χ1n) is 9.57. The van der Waals surface area contributed by atoms with Crippen LogP contribution in [0.4, 0.5) is 4.79 Å². The number of rotatable bonds is 3. The van der Waals surface area contributed by atoms with Crippen molar-refractivity contribution in [1.82, 2.24) is 10.6 Å². The fourth-order valence-electron chi connectivity index (χ4n) is 6.00. The van der Waals surface area contributed by atoms with Crippen LogP contribution in [0.25, 0.3) is 0 Å². The minimum atomic E-state index is -0.0663. The number of amides is 2. The minimum absolute atomic E-state index is 0.0351. The van der Waals surface area contributed by atoms with Crippen molar-refractivity contribution < 1.29 is 14.3 Å². The quantitative estimate of drug-likeness (QED) is 0.880. The Balaban J connectivity index is 1.25. The van der Waals surface area contributed by atoms with Crippen LogP contribution in [0.15, 0.2) is 18.2 Å². The van der Waals surface area contributed by atoms with Gasteiger partial charge in [-0.1, -0.05) is 6.07 Å². The molecule has 4 bridgehead atoms. The molecule has 2 N–H and O–H groups in total. The standard InChI is InChI=1S/C20H26N2O3/c1-12(16-2-3-17-18(7-16)25-11-24-17)21-19(23)22-20-8-13-4-14(9-20)6-15(5-13)10-20/h2-3,7,12-15H,4-6,8-11H2,1H3,(H2,21,22,23)/t12-,13?,14?,15?,20?/m1/s1. The number of carbonyl (C=O) groups is 1. The summed E-state index contributed by atoms with van der Waals surface area (Å²) in [4.78, 5) is 12.7. The fourth-order valence-corrected chi connectivity index (χ4v) is 6.00. The van der Waals surface area contributed by atoms with Gasteiger partial charge >= 0.3 is 6.03 Å². The Morgan fingerprint density at radius 1 is 1.08 bits per heavy atom. The smallest absolute Gasteiger partial charge is 0.315 e. The number of hydrogen-bond donors (Lipinski definition) is 2. The third-order valence-electron chi connectivity index (χ3n) is 6.66. The first kappa shape index (κ1) is 15.4. The van der Waals surface area contributed by atoms with Crippen LogP contribution in [0, 0.1) is 17.8 Å². The normalized spacial score (nSPS) is 35.5. The third-order valence-corrected chi connectivity index (χ3v) is 6.66. The molecule has 5 nitrogen and oxygen atoms in total. The molecule has 1 heterocycles. The van der Waals surface area contributed by atoms with E-state index in [1.54, 1.807) is 0 Å². The van der Waals surface area contributed by atoms with Gasteiger partial charge in [0.1, 0.15) is 0 Å². The van der Waals surface area contributed by atoms with Gasteiger partial charge in [-0.3, -0.25) is 0 Å². The van der Waals surface area contributed by atoms with E-state index in [2.05, 4.69) is 10.6 Å². The highest BCUT2D eigenvalue weighted by atomic mass is 16.7. The van der Waals surface area contributed by atoms with E-state index in [0.717, 1.165) is 34.8 Å². The van der Waals surface area contributed by atoms with Gasteiger partial charge in [-0.05, 0) is 80.9 Å². The molecule has 25 heavy (non-hydrogen) atoms. The summed E-state index contributed by atoms with van der Waals surface area (Å²) in [6.07, 6.45) is 7.67. The van der Waals surface area contributed by atoms with Crippen LogP contribution in [0.5, 0.6) is 11.5 Å². The van der Waals surface area contributed by atoms with Crippen LogP contribution in [-0.2, 0) is 0 Å². The number of ether oxygens (including phenoxy) is 2. The summed E-state index contributed by atoms with van der Waals surface area (Å²) in [5, 5.41) is 6.49. The lowest BCUT2D eigenvalue weighted by atomic mass is 9.53. The van der Waals surface area contributed by atoms with Gasteiger partial charge in [0.05, 0.1) is 6.04 Å². The van der Waals surface area contributed by atoms with Crippen LogP contribution in [0.1, 0.15) is 57.1 Å². The summed E-state index contributed by atoms with van der Waals surface area (Å²) >= 11 is 0. The maximum absolute atomic E-state index is 12.7. The lowest BCUT2D eigenvalue weighted by Gasteiger charge is -2.56. The molecule has 1 aromatic carbocycles. The van der Waals surface area contributed by atoms with Crippen LogP contribution in [0.3, 0.4) is 0 Å². The number of carbonyl (C=O) groups excluding carboxylic acids is 1. The Kier molecular flexibility index (Phi) is 3.41. The van der Waals surface area contributed by atoms with E-state index in [0.29, 0.717) is 0 Å².